The second-order valence-electron chi connectivity index (χ2n) is 5.02. The summed E-state index contributed by atoms with van der Waals surface area (Å²) in [4.78, 5) is 20.8. The summed E-state index contributed by atoms with van der Waals surface area (Å²) < 4.78 is 20.0. The lowest BCUT2D eigenvalue weighted by atomic mass is 10.1. The molecule has 0 aliphatic carbocycles. The monoisotopic (exact) mass is 329 g/mol. The summed E-state index contributed by atoms with van der Waals surface area (Å²) in [5.74, 6) is -0.0651. The van der Waals surface area contributed by atoms with Gasteiger partial charge in [0.15, 0.2) is 0 Å². The van der Waals surface area contributed by atoms with Crippen molar-refractivity contribution >= 4 is 13.7 Å². The predicted molar refractivity (Wildman–Crippen MR) is 84.8 cm³/mol. The number of phosphoric acid groups is 1. The number of nitrogens with one attached hydrogen (secondary N) is 1. The largest absolute Gasteiger partial charge is 0.471 e. The topological polar surface area (TPSA) is 84.9 Å². The van der Waals surface area contributed by atoms with E-state index in [0.29, 0.717) is 18.5 Å². The van der Waals surface area contributed by atoms with E-state index in [4.69, 9.17) is 9.42 Å². The van der Waals surface area contributed by atoms with Crippen LogP contribution in [0.15, 0.2) is 24.3 Å². The average Bonchev–Trinajstić information content (AvgIpc) is 2.50. The van der Waals surface area contributed by atoms with Gasteiger partial charge in [0, 0.05) is 19.2 Å². The lowest BCUT2D eigenvalue weighted by Crippen LogP contribution is -2.24. The summed E-state index contributed by atoms with van der Waals surface area (Å²) in [6.07, 6.45) is 3.32. The molecule has 0 heterocycles. The lowest BCUT2D eigenvalue weighted by Gasteiger charge is -2.09. The van der Waals surface area contributed by atoms with Crippen molar-refractivity contribution in [1.82, 2.24) is 5.32 Å². The number of unbranched alkanes of at least 4 members (excludes halogenated alkanes) is 3. The Balaban J connectivity index is 2.05. The van der Waals surface area contributed by atoms with Gasteiger partial charge in [0.1, 0.15) is 0 Å². The maximum atomic E-state index is 11.8. The van der Waals surface area contributed by atoms with Gasteiger partial charge >= 0.3 is 7.82 Å². The third-order valence-electron chi connectivity index (χ3n) is 3.16. The number of phosphoric ester groups is 1. The Kier molecular flexibility index (Phi) is 8.35. The fourth-order valence-corrected chi connectivity index (χ4v) is 2.29. The van der Waals surface area contributed by atoms with Gasteiger partial charge in [-0.05, 0) is 31.9 Å². The first-order valence-corrected chi connectivity index (χ1v) is 8.82. The summed E-state index contributed by atoms with van der Waals surface area (Å²) >= 11 is 0. The minimum absolute atomic E-state index is 0.0651. The second kappa shape index (κ2) is 9.74. The zero-order valence-corrected chi connectivity index (χ0v) is 14.0. The molecule has 0 aliphatic heterocycles. The Morgan fingerprint density at radius 1 is 1.18 bits per heavy atom. The van der Waals surface area contributed by atoms with Crippen LogP contribution in [0.25, 0.3) is 0 Å². The summed E-state index contributed by atoms with van der Waals surface area (Å²) in [7, 11) is -2.71. The second-order valence-corrected chi connectivity index (χ2v) is 6.58. The van der Waals surface area contributed by atoms with Gasteiger partial charge in [-0.25, -0.2) is 4.57 Å². The quantitative estimate of drug-likeness (QED) is 0.509. The van der Waals surface area contributed by atoms with Crippen molar-refractivity contribution in [3.8, 4) is 0 Å². The highest BCUT2D eigenvalue weighted by atomic mass is 31.2. The highest BCUT2D eigenvalue weighted by molar-refractivity contribution is 7.47. The molecule has 2 N–H and O–H groups in total. The normalized spacial score (nSPS) is 13.6. The van der Waals surface area contributed by atoms with Crippen LogP contribution in [0.4, 0.5) is 0 Å². The molecule has 22 heavy (non-hydrogen) atoms. The number of benzene rings is 1. The molecule has 0 aromatic heterocycles. The molecule has 0 fully saturated rings. The van der Waals surface area contributed by atoms with Crippen LogP contribution in [-0.4, -0.2) is 31.1 Å². The molecule has 124 valence electrons. The van der Waals surface area contributed by atoms with Gasteiger partial charge in [0.25, 0.3) is 5.91 Å². The van der Waals surface area contributed by atoms with Gasteiger partial charge in [-0.3, -0.25) is 13.8 Å². The molecule has 1 rings (SSSR count). The van der Waals surface area contributed by atoms with Gasteiger partial charge in [0.2, 0.25) is 0 Å². The van der Waals surface area contributed by atoms with Crippen molar-refractivity contribution in [2.24, 2.45) is 0 Å². The standard InChI is InChI=1S/C15H24NO5P/c1-13-7-9-14(10-8-13)15(17)16-11-5-3-4-6-12-21-22(18,19)20-2/h7-10H,3-6,11-12H2,1-2H3,(H,16,17)(H,18,19). The molecule has 0 bridgehead atoms. The van der Waals surface area contributed by atoms with E-state index in [9.17, 15) is 9.36 Å². The zero-order valence-electron chi connectivity index (χ0n) is 13.1. The molecule has 1 amide bonds. The lowest BCUT2D eigenvalue weighted by molar-refractivity contribution is 0.0952. The Labute approximate surface area is 131 Å². The number of carbonyl (C=O) groups is 1. The van der Waals surface area contributed by atoms with Crippen LogP contribution in [0.5, 0.6) is 0 Å². The van der Waals surface area contributed by atoms with Crippen LogP contribution in [0.3, 0.4) is 0 Å². The fraction of sp³-hybridized carbons (Fsp3) is 0.533. The number of amides is 1. The highest BCUT2D eigenvalue weighted by Gasteiger charge is 2.17. The first-order chi connectivity index (χ1) is 10.4. The maximum absolute atomic E-state index is 11.8. The molecule has 7 heteroatoms. The van der Waals surface area contributed by atoms with Crippen molar-refractivity contribution in [2.45, 2.75) is 32.6 Å². The highest BCUT2D eigenvalue weighted by Crippen LogP contribution is 2.41. The van der Waals surface area contributed by atoms with Crippen LogP contribution in [-0.2, 0) is 13.6 Å². The molecule has 1 atom stereocenters. The molecular formula is C15H24NO5P. The van der Waals surface area contributed by atoms with Crippen LogP contribution in [0.1, 0.15) is 41.6 Å². The molecule has 0 saturated heterocycles. The van der Waals surface area contributed by atoms with E-state index >= 15 is 0 Å². The Morgan fingerprint density at radius 2 is 1.82 bits per heavy atom. The third kappa shape index (κ3) is 7.71. The summed E-state index contributed by atoms with van der Waals surface area (Å²) in [6.45, 7) is 2.79. The van der Waals surface area contributed by atoms with Crippen molar-refractivity contribution in [2.75, 3.05) is 20.3 Å². The minimum atomic E-state index is -3.84. The van der Waals surface area contributed by atoms with Crippen LogP contribution in [0, 0.1) is 6.92 Å². The first kappa shape index (κ1) is 18.8. The van der Waals surface area contributed by atoms with E-state index in [-0.39, 0.29) is 12.5 Å². The first-order valence-electron chi connectivity index (χ1n) is 7.32. The molecule has 0 saturated carbocycles. The Bertz CT molecular complexity index is 503. The smallest absolute Gasteiger partial charge is 0.352 e. The van der Waals surface area contributed by atoms with E-state index in [1.165, 1.54) is 0 Å². The van der Waals surface area contributed by atoms with Gasteiger partial charge in [-0.2, -0.15) is 0 Å². The van der Waals surface area contributed by atoms with E-state index in [0.717, 1.165) is 31.9 Å². The molecule has 0 aliphatic rings. The number of carbonyl (C=O) groups excluding carboxylic acids is 1. The fourth-order valence-electron chi connectivity index (χ4n) is 1.82. The molecule has 6 nitrogen and oxygen atoms in total. The van der Waals surface area contributed by atoms with E-state index in [2.05, 4.69) is 9.84 Å². The Hall–Kier alpha value is -1.20. The molecule has 1 aromatic rings. The molecule has 1 unspecified atom stereocenters. The van der Waals surface area contributed by atoms with Crippen molar-refractivity contribution in [1.29, 1.82) is 0 Å². The van der Waals surface area contributed by atoms with Gasteiger partial charge in [0.05, 0.1) is 6.61 Å². The predicted octanol–water partition coefficient (Wildman–Crippen LogP) is 3.05. The SMILES string of the molecule is COP(=O)(O)OCCCCCCNC(=O)c1ccc(C)cc1. The van der Waals surface area contributed by atoms with Gasteiger partial charge < -0.3 is 10.2 Å². The third-order valence-corrected chi connectivity index (χ3v) is 4.13. The summed E-state index contributed by atoms with van der Waals surface area (Å²) in [5, 5.41) is 2.87. The van der Waals surface area contributed by atoms with E-state index < -0.39 is 7.82 Å². The van der Waals surface area contributed by atoms with Crippen LogP contribution < -0.4 is 5.32 Å². The molecular weight excluding hydrogens is 305 g/mol. The average molecular weight is 329 g/mol. The molecule has 1 aromatic carbocycles. The van der Waals surface area contributed by atoms with Crippen molar-refractivity contribution < 1.29 is 23.3 Å². The van der Waals surface area contributed by atoms with Crippen molar-refractivity contribution in [3.05, 3.63) is 35.4 Å². The van der Waals surface area contributed by atoms with Crippen molar-refractivity contribution in [3.63, 3.8) is 0 Å². The number of hydrogen-bond acceptors (Lipinski definition) is 4. The zero-order chi connectivity index (χ0) is 16.4. The Morgan fingerprint density at radius 3 is 2.45 bits per heavy atom. The minimum Gasteiger partial charge on any atom is -0.352 e. The van der Waals surface area contributed by atoms with E-state index in [1.54, 1.807) is 0 Å². The number of hydrogen-bond donors (Lipinski definition) is 2. The number of rotatable bonds is 10. The summed E-state index contributed by atoms with van der Waals surface area (Å²) in [5.41, 5.74) is 1.79. The number of aryl methyl sites for hydroxylation is 1. The molecule has 0 spiro atoms. The maximum Gasteiger partial charge on any atom is 0.471 e. The summed E-state index contributed by atoms with van der Waals surface area (Å²) in [6, 6.07) is 7.44. The van der Waals surface area contributed by atoms with Gasteiger partial charge in [-0.15, -0.1) is 0 Å². The van der Waals surface area contributed by atoms with Gasteiger partial charge in [-0.1, -0.05) is 30.5 Å². The van der Waals surface area contributed by atoms with E-state index in [1.807, 2.05) is 31.2 Å². The van der Waals surface area contributed by atoms with Crippen LogP contribution >= 0.6 is 7.82 Å². The van der Waals surface area contributed by atoms with Crippen LogP contribution in [0.2, 0.25) is 0 Å². The molecule has 0 radical (unpaired) electrons.